The molecule has 2 unspecified atom stereocenters. The zero-order valence-corrected chi connectivity index (χ0v) is 16.6. The number of aliphatic hydroxyl groups excluding tert-OH is 1. The van der Waals surface area contributed by atoms with Crippen molar-refractivity contribution >= 4 is 29.2 Å². The highest BCUT2D eigenvalue weighted by Gasteiger charge is 2.56. The van der Waals surface area contributed by atoms with E-state index in [9.17, 15) is 15.0 Å². The van der Waals surface area contributed by atoms with Gasteiger partial charge in [-0.2, -0.15) is 4.89 Å². The predicted octanol–water partition coefficient (Wildman–Crippen LogP) is 3.45. The fraction of sp³-hybridized carbons (Fsp3) is 0.350. The first kappa shape index (κ1) is 21.0. The molecule has 0 aromatic heterocycles. The molecule has 150 valence electrons. The molecule has 0 saturated carbocycles. The molecule has 6 nitrogen and oxygen atoms in total. The second kappa shape index (κ2) is 8.37. The summed E-state index contributed by atoms with van der Waals surface area (Å²) in [6, 6.07) is 13.7. The third-order valence-electron chi connectivity index (χ3n) is 4.78. The molecule has 0 spiro atoms. The number of hydrogen-bond acceptors (Lipinski definition) is 6. The number of hydrogen-bond donors (Lipinski definition) is 2. The maximum Gasteiger partial charge on any atom is 0.314 e. The molecular formula is C20H20Cl2O6. The van der Waals surface area contributed by atoms with Crippen LogP contribution in [-0.2, 0) is 24.9 Å². The van der Waals surface area contributed by atoms with Crippen molar-refractivity contribution in [2.45, 2.75) is 24.7 Å². The zero-order valence-electron chi connectivity index (χ0n) is 15.1. The average molecular weight is 427 g/mol. The third kappa shape index (κ3) is 3.89. The highest BCUT2D eigenvalue weighted by molar-refractivity contribution is 6.30. The second-order valence-electron chi connectivity index (χ2n) is 6.52. The van der Waals surface area contributed by atoms with Crippen molar-refractivity contribution in [1.29, 1.82) is 0 Å². The van der Waals surface area contributed by atoms with Gasteiger partial charge in [-0.25, -0.2) is 4.89 Å². The lowest BCUT2D eigenvalue weighted by Crippen LogP contribution is -2.57. The van der Waals surface area contributed by atoms with Crippen LogP contribution >= 0.6 is 23.2 Å². The molecule has 28 heavy (non-hydrogen) atoms. The molecule has 3 rings (SSSR count). The second-order valence-corrected chi connectivity index (χ2v) is 7.39. The first-order valence-electron chi connectivity index (χ1n) is 8.73. The molecule has 2 aromatic rings. The maximum absolute atomic E-state index is 12.6. The van der Waals surface area contributed by atoms with Gasteiger partial charge in [0.1, 0.15) is 12.5 Å². The summed E-state index contributed by atoms with van der Waals surface area (Å²) in [4.78, 5) is 23.5. The van der Waals surface area contributed by atoms with E-state index < -0.39 is 29.9 Å². The molecule has 2 aromatic carbocycles. The van der Waals surface area contributed by atoms with Crippen LogP contribution < -0.4 is 0 Å². The average Bonchev–Trinajstić information content (AvgIpc) is 2.70. The van der Waals surface area contributed by atoms with E-state index in [-0.39, 0.29) is 13.0 Å². The van der Waals surface area contributed by atoms with Gasteiger partial charge in [-0.15, -0.1) is 0 Å². The van der Waals surface area contributed by atoms with Gasteiger partial charge in [0.2, 0.25) is 5.79 Å². The molecule has 1 aliphatic heterocycles. The molecule has 1 heterocycles. The van der Waals surface area contributed by atoms with Crippen LogP contribution in [0.15, 0.2) is 48.5 Å². The van der Waals surface area contributed by atoms with Crippen LogP contribution in [0.25, 0.3) is 0 Å². The number of aliphatic hydroxyl groups is 2. The number of carbonyl (C=O) groups is 1. The van der Waals surface area contributed by atoms with Crippen LogP contribution in [0.5, 0.6) is 0 Å². The summed E-state index contributed by atoms with van der Waals surface area (Å²) < 4.78 is 5.09. The van der Waals surface area contributed by atoms with Gasteiger partial charge in [0, 0.05) is 16.5 Å². The highest BCUT2D eigenvalue weighted by atomic mass is 35.5. The molecule has 1 fully saturated rings. The lowest BCUT2D eigenvalue weighted by Gasteiger charge is -2.45. The van der Waals surface area contributed by atoms with Gasteiger partial charge < -0.3 is 14.9 Å². The number of rotatable bonds is 5. The van der Waals surface area contributed by atoms with Gasteiger partial charge in [-0.3, -0.25) is 4.79 Å². The Morgan fingerprint density at radius 2 is 1.57 bits per heavy atom. The maximum atomic E-state index is 12.6. The minimum Gasteiger partial charge on any atom is -0.466 e. The van der Waals surface area contributed by atoms with Gasteiger partial charge >= 0.3 is 5.97 Å². The molecule has 0 amide bonds. The number of carbonyl (C=O) groups excluding carboxylic acids is 1. The first-order chi connectivity index (χ1) is 13.3. The van der Waals surface area contributed by atoms with E-state index in [1.165, 1.54) is 0 Å². The third-order valence-corrected chi connectivity index (χ3v) is 5.29. The van der Waals surface area contributed by atoms with Gasteiger partial charge in [-0.1, -0.05) is 47.5 Å². The van der Waals surface area contributed by atoms with Crippen LogP contribution in [0.3, 0.4) is 0 Å². The summed E-state index contributed by atoms with van der Waals surface area (Å²) in [6.45, 7) is 0.933. The summed E-state index contributed by atoms with van der Waals surface area (Å²) in [5.74, 6) is -4.12. The summed E-state index contributed by atoms with van der Waals surface area (Å²) in [7, 11) is 0. The molecule has 2 atom stereocenters. The molecular weight excluding hydrogens is 407 g/mol. The zero-order chi connectivity index (χ0) is 20.4. The Kier molecular flexibility index (Phi) is 6.29. The van der Waals surface area contributed by atoms with Crippen molar-refractivity contribution < 1.29 is 29.5 Å². The Morgan fingerprint density at radius 3 is 2.00 bits per heavy atom. The molecule has 0 radical (unpaired) electrons. The highest BCUT2D eigenvalue weighted by Crippen LogP contribution is 2.47. The van der Waals surface area contributed by atoms with Crippen LogP contribution in [0, 0.1) is 5.92 Å². The van der Waals surface area contributed by atoms with E-state index >= 15 is 0 Å². The predicted molar refractivity (Wildman–Crippen MR) is 103 cm³/mol. The van der Waals surface area contributed by atoms with Gasteiger partial charge in [-0.05, 0) is 42.3 Å². The Balaban J connectivity index is 2.12. The smallest absolute Gasteiger partial charge is 0.314 e. The molecule has 1 saturated heterocycles. The Hall–Kier alpha value is -1.67. The van der Waals surface area contributed by atoms with Crippen LogP contribution in [0.4, 0.5) is 0 Å². The summed E-state index contributed by atoms with van der Waals surface area (Å²) in [5, 5.41) is 21.3. The Labute approximate surface area is 172 Å². The molecule has 0 bridgehead atoms. The Morgan fingerprint density at radius 1 is 1.07 bits per heavy atom. The van der Waals surface area contributed by atoms with Crippen molar-refractivity contribution in [2.75, 3.05) is 13.2 Å². The minimum absolute atomic E-state index is 0.0356. The fourth-order valence-electron chi connectivity index (χ4n) is 3.27. The Bertz CT molecular complexity index is 778. The molecule has 1 aliphatic rings. The van der Waals surface area contributed by atoms with E-state index in [0.29, 0.717) is 21.2 Å². The normalized spacial score (nSPS) is 24.0. The molecule has 2 N–H and O–H groups in total. The van der Waals surface area contributed by atoms with E-state index in [2.05, 4.69) is 0 Å². The van der Waals surface area contributed by atoms with E-state index in [0.717, 1.165) is 0 Å². The summed E-state index contributed by atoms with van der Waals surface area (Å²) in [5.41, 5.74) is 0.0376. The quantitative estimate of drug-likeness (QED) is 0.562. The number of benzene rings is 2. The first-order valence-corrected chi connectivity index (χ1v) is 9.49. The van der Waals surface area contributed by atoms with Crippen molar-refractivity contribution in [3.05, 3.63) is 69.7 Å². The number of halogens is 2. The molecule has 0 aliphatic carbocycles. The van der Waals surface area contributed by atoms with E-state index in [4.69, 9.17) is 37.7 Å². The van der Waals surface area contributed by atoms with Crippen LogP contribution in [-0.4, -0.2) is 35.2 Å². The van der Waals surface area contributed by atoms with Crippen molar-refractivity contribution in [1.82, 2.24) is 0 Å². The SMILES string of the molecule is CCOC(=O)C1CC(c2ccc(Cl)cc2)(c2ccc(Cl)cc2)OOC1(O)CO. The minimum atomic E-state index is -2.23. The van der Waals surface area contributed by atoms with Crippen molar-refractivity contribution in [3.63, 3.8) is 0 Å². The topological polar surface area (TPSA) is 85.2 Å². The monoisotopic (exact) mass is 426 g/mol. The van der Waals surface area contributed by atoms with E-state index in [1.807, 2.05) is 0 Å². The lowest BCUT2D eigenvalue weighted by molar-refractivity contribution is -0.498. The number of esters is 1. The number of ether oxygens (including phenoxy) is 1. The van der Waals surface area contributed by atoms with Crippen LogP contribution in [0.2, 0.25) is 10.0 Å². The summed E-state index contributed by atoms with van der Waals surface area (Å²) in [6.07, 6.45) is -0.0356. The van der Waals surface area contributed by atoms with Gasteiger partial charge in [0.25, 0.3) is 0 Å². The molecule has 8 heteroatoms. The van der Waals surface area contributed by atoms with Crippen LogP contribution in [0.1, 0.15) is 24.5 Å². The van der Waals surface area contributed by atoms with Gasteiger partial charge in [0.15, 0.2) is 5.60 Å². The lowest BCUT2D eigenvalue weighted by atomic mass is 9.76. The van der Waals surface area contributed by atoms with Crippen molar-refractivity contribution in [2.24, 2.45) is 5.92 Å². The summed E-state index contributed by atoms with van der Waals surface area (Å²) >= 11 is 12.0. The largest absolute Gasteiger partial charge is 0.466 e. The van der Waals surface area contributed by atoms with Crippen molar-refractivity contribution in [3.8, 4) is 0 Å². The fourth-order valence-corrected chi connectivity index (χ4v) is 3.52. The van der Waals surface area contributed by atoms with E-state index in [1.54, 1.807) is 55.5 Å². The van der Waals surface area contributed by atoms with Gasteiger partial charge in [0.05, 0.1) is 6.61 Å². The standard InChI is InChI=1S/C20H20Cl2O6/c1-2-26-18(24)17-11-19(27-28-20(17,25)12-23,13-3-7-15(21)8-4-13)14-5-9-16(22)10-6-14/h3-10,17,23,25H,2,11-12H2,1H3.